The van der Waals surface area contributed by atoms with Gasteiger partial charge in [0.25, 0.3) is 0 Å². The molecule has 0 saturated carbocycles. The molecule has 6 heteroatoms. The molecule has 1 N–H and O–H groups in total. The maximum atomic E-state index is 12.8. The van der Waals surface area contributed by atoms with E-state index in [9.17, 15) is 9.18 Å². The molecular formula is C9H6ClFN2OS. The lowest BCUT2D eigenvalue weighted by atomic mass is 10.3. The number of hydrogen-bond acceptors (Lipinski definition) is 3. The topological polar surface area (TPSA) is 41.5 Å². The number of nitrogens with zero attached hydrogens (tertiary/aromatic N) is 1. The fourth-order valence-corrected chi connectivity index (χ4v) is 1.93. The first-order chi connectivity index (χ1) is 7.15. The van der Waals surface area contributed by atoms with Gasteiger partial charge >= 0.3 is 0 Å². The molecule has 1 aromatic carbocycles. The Kier molecular flexibility index (Phi) is 2.93. The molecule has 0 aromatic heterocycles. The number of halogens is 2. The average Bonchev–Trinajstić information content (AvgIpc) is 2.58. The Morgan fingerprint density at radius 2 is 2.33 bits per heavy atom. The van der Waals surface area contributed by atoms with Gasteiger partial charge in [0.1, 0.15) is 5.82 Å². The molecular weight excluding hydrogens is 239 g/mol. The van der Waals surface area contributed by atoms with Gasteiger partial charge in [-0.05, 0) is 18.2 Å². The molecule has 1 amide bonds. The summed E-state index contributed by atoms with van der Waals surface area (Å²) in [4.78, 5) is 15.0. The first-order valence-electron chi connectivity index (χ1n) is 4.11. The number of hydrogen-bond donors (Lipinski definition) is 1. The standard InChI is InChI=1S/C9H6ClFN2OS/c10-6-3-5(1-2-7(6)11)12-9-13-8(14)4-15-9/h1-3H,4H2,(H,12,13,14). The van der Waals surface area contributed by atoms with Crippen molar-refractivity contribution in [1.82, 2.24) is 5.32 Å². The highest BCUT2D eigenvalue weighted by atomic mass is 35.5. The highest BCUT2D eigenvalue weighted by Gasteiger charge is 2.16. The number of thioether (sulfide) groups is 1. The molecule has 0 bridgehead atoms. The summed E-state index contributed by atoms with van der Waals surface area (Å²) in [6.07, 6.45) is 0. The number of amidine groups is 1. The Hall–Kier alpha value is -1.07. The van der Waals surface area contributed by atoms with Crippen molar-refractivity contribution in [2.45, 2.75) is 0 Å². The molecule has 78 valence electrons. The minimum atomic E-state index is -0.483. The predicted molar refractivity (Wildman–Crippen MR) is 59.1 cm³/mol. The molecule has 0 spiro atoms. The van der Waals surface area contributed by atoms with Gasteiger partial charge in [-0.1, -0.05) is 23.4 Å². The molecule has 0 aliphatic carbocycles. The van der Waals surface area contributed by atoms with E-state index >= 15 is 0 Å². The quantitative estimate of drug-likeness (QED) is 0.824. The Morgan fingerprint density at radius 1 is 1.53 bits per heavy atom. The summed E-state index contributed by atoms with van der Waals surface area (Å²) in [6.45, 7) is 0. The highest BCUT2D eigenvalue weighted by Crippen LogP contribution is 2.23. The number of nitrogens with one attached hydrogen (secondary N) is 1. The zero-order chi connectivity index (χ0) is 10.8. The normalized spacial score (nSPS) is 18.3. The summed E-state index contributed by atoms with van der Waals surface area (Å²) in [5.74, 6) is -0.191. The maximum Gasteiger partial charge on any atom is 0.236 e. The zero-order valence-corrected chi connectivity index (χ0v) is 9.03. The third-order valence-electron chi connectivity index (χ3n) is 1.72. The number of benzene rings is 1. The van der Waals surface area contributed by atoms with E-state index in [2.05, 4.69) is 10.3 Å². The number of rotatable bonds is 1. The van der Waals surface area contributed by atoms with E-state index in [1.165, 1.54) is 30.0 Å². The van der Waals surface area contributed by atoms with Crippen LogP contribution in [0.1, 0.15) is 0 Å². The maximum absolute atomic E-state index is 12.8. The second-order valence-corrected chi connectivity index (χ2v) is 4.22. The molecule has 15 heavy (non-hydrogen) atoms. The lowest BCUT2D eigenvalue weighted by Crippen LogP contribution is -2.19. The number of carbonyl (C=O) groups is 1. The van der Waals surface area contributed by atoms with Crippen LogP contribution in [0.3, 0.4) is 0 Å². The molecule has 0 unspecified atom stereocenters. The summed E-state index contributed by atoms with van der Waals surface area (Å²) >= 11 is 6.90. The van der Waals surface area contributed by atoms with E-state index in [1.807, 2.05) is 0 Å². The van der Waals surface area contributed by atoms with Gasteiger partial charge in [-0.25, -0.2) is 9.38 Å². The van der Waals surface area contributed by atoms with Crippen LogP contribution in [0.25, 0.3) is 0 Å². The molecule has 1 aliphatic rings. The fraction of sp³-hybridized carbons (Fsp3) is 0.111. The van der Waals surface area contributed by atoms with Crippen LogP contribution in [0.15, 0.2) is 23.2 Å². The van der Waals surface area contributed by atoms with Crippen LogP contribution in [0.2, 0.25) is 5.02 Å². The minimum absolute atomic E-state index is 0.0196. The second-order valence-electron chi connectivity index (χ2n) is 2.85. The summed E-state index contributed by atoms with van der Waals surface area (Å²) < 4.78 is 12.8. The van der Waals surface area contributed by atoms with Gasteiger partial charge in [0, 0.05) is 0 Å². The van der Waals surface area contributed by atoms with Gasteiger partial charge in [-0.3, -0.25) is 4.79 Å². The van der Waals surface area contributed by atoms with Crippen molar-refractivity contribution in [2.75, 3.05) is 5.75 Å². The Labute approximate surface area is 94.7 Å². The molecule has 3 nitrogen and oxygen atoms in total. The molecule has 1 fully saturated rings. The SMILES string of the molecule is O=C1CSC(=Nc2ccc(F)c(Cl)c2)N1. The monoisotopic (exact) mass is 244 g/mol. The summed E-state index contributed by atoms with van der Waals surface area (Å²) in [7, 11) is 0. The smallest absolute Gasteiger partial charge is 0.236 e. The molecule has 0 radical (unpaired) electrons. The highest BCUT2D eigenvalue weighted by molar-refractivity contribution is 8.15. The Balaban J connectivity index is 2.24. The van der Waals surface area contributed by atoms with Crippen molar-refractivity contribution in [2.24, 2.45) is 4.99 Å². The summed E-state index contributed by atoms with van der Waals surface area (Å²) in [5, 5.41) is 3.11. The zero-order valence-electron chi connectivity index (χ0n) is 7.46. The fourth-order valence-electron chi connectivity index (χ4n) is 1.06. The van der Waals surface area contributed by atoms with Crippen molar-refractivity contribution in [3.63, 3.8) is 0 Å². The van der Waals surface area contributed by atoms with E-state index in [0.717, 1.165) is 0 Å². The minimum Gasteiger partial charge on any atom is -0.304 e. The average molecular weight is 245 g/mol. The van der Waals surface area contributed by atoms with Crippen molar-refractivity contribution in [3.8, 4) is 0 Å². The Bertz CT molecular complexity index is 450. The number of aliphatic imine (C=N–C) groups is 1. The van der Waals surface area contributed by atoms with E-state index in [0.29, 0.717) is 16.6 Å². The first kappa shape index (κ1) is 10.4. The van der Waals surface area contributed by atoms with E-state index < -0.39 is 5.82 Å². The van der Waals surface area contributed by atoms with Gasteiger partial charge < -0.3 is 5.32 Å². The van der Waals surface area contributed by atoms with Crippen LogP contribution in [-0.2, 0) is 4.79 Å². The van der Waals surface area contributed by atoms with E-state index in [4.69, 9.17) is 11.6 Å². The van der Waals surface area contributed by atoms with Crippen molar-refractivity contribution < 1.29 is 9.18 Å². The second kappa shape index (κ2) is 4.20. The largest absolute Gasteiger partial charge is 0.304 e. The van der Waals surface area contributed by atoms with E-state index in [-0.39, 0.29) is 10.9 Å². The van der Waals surface area contributed by atoms with Crippen LogP contribution < -0.4 is 5.32 Å². The van der Waals surface area contributed by atoms with Crippen LogP contribution >= 0.6 is 23.4 Å². The van der Waals surface area contributed by atoms with Gasteiger partial charge in [0.05, 0.1) is 16.5 Å². The molecule has 1 aromatic rings. The van der Waals surface area contributed by atoms with Crippen LogP contribution in [-0.4, -0.2) is 16.8 Å². The summed E-state index contributed by atoms with van der Waals surface area (Å²) in [5.41, 5.74) is 0.520. The molecule has 1 heterocycles. The Morgan fingerprint density at radius 3 is 2.93 bits per heavy atom. The molecule has 2 rings (SSSR count). The third kappa shape index (κ3) is 2.49. The lowest BCUT2D eigenvalue weighted by molar-refractivity contribution is -0.116. The number of carbonyl (C=O) groups excluding carboxylic acids is 1. The third-order valence-corrected chi connectivity index (χ3v) is 2.88. The molecule has 1 aliphatic heterocycles. The van der Waals surface area contributed by atoms with Gasteiger partial charge in [-0.2, -0.15) is 0 Å². The predicted octanol–water partition coefficient (Wildman–Crippen LogP) is 2.33. The van der Waals surface area contributed by atoms with Crippen LogP contribution in [0.5, 0.6) is 0 Å². The van der Waals surface area contributed by atoms with Gasteiger partial charge in [-0.15, -0.1) is 0 Å². The van der Waals surface area contributed by atoms with Crippen LogP contribution in [0.4, 0.5) is 10.1 Å². The molecule has 0 atom stereocenters. The van der Waals surface area contributed by atoms with Crippen molar-refractivity contribution in [1.29, 1.82) is 0 Å². The van der Waals surface area contributed by atoms with Crippen LogP contribution in [0, 0.1) is 5.82 Å². The number of amides is 1. The van der Waals surface area contributed by atoms with Crippen molar-refractivity contribution in [3.05, 3.63) is 29.0 Å². The van der Waals surface area contributed by atoms with Gasteiger partial charge in [0.2, 0.25) is 5.91 Å². The lowest BCUT2D eigenvalue weighted by Gasteiger charge is -1.98. The summed E-state index contributed by atoms with van der Waals surface area (Å²) in [6, 6.07) is 4.15. The van der Waals surface area contributed by atoms with E-state index in [1.54, 1.807) is 0 Å². The molecule has 1 saturated heterocycles. The van der Waals surface area contributed by atoms with Gasteiger partial charge in [0.15, 0.2) is 5.17 Å². The van der Waals surface area contributed by atoms with Crippen molar-refractivity contribution >= 4 is 40.1 Å². The first-order valence-corrected chi connectivity index (χ1v) is 5.48.